The van der Waals surface area contributed by atoms with Gasteiger partial charge in [0.1, 0.15) is 12.6 Å². The Morgan fingerprint density at radius 1 is 0.947 bits per heavy atom. The zero-order valence-electron chi connectivity index (χ0n) is 21.9. The van der Waals surface area contributed by atoms with Gasteiger partial charge in [-0.15, -0.1) is 0 Å². The summed E-state index contributed by atoms with van der Waals surface area (Å²) in [5.74, 6) is -0.767. The first-order valence-electron chi connectivity index (χ1n) is 12.5. The average molecular weight is 556 g/mol. The van der Waals surface area contributed by atoms with Crippen molar-refractivity contribution in [1.82, 2.24) is 10.2 Å². The molecular weight excluding hydrogens is 522 g/mol. The molecule has 9 heteroatoms. The lowest BCUT2D eigenvalue weighted by atomic mass is 10.0. The summed E-state index contributed by atoms with van der Waals surface area (Å²) in [5, 5.41) is 3.38. The molecule has 3 rings (SSSR count). The molecule has 0 saturated carbocycles. The van der Waals surface area contributed by atoms with Crippen LogP contribution in [0, 0.1) is 6.92 Å². The van der Waals surface area contributed by atoms with Crippen LogP contribution in [0.4, 0.5) is 5.69 Å². The van der Waals surface area contributed by atoms with Gasteiger partial charge in [0, 0.05) is 24.5 Å². The number of anilines is 1. The molecule has 0 heterocycles. The molecule has 0 radical (unpaired) electrons. The maximum atomic E-state index is 14.0. The van der Waals surface area contributed by atoms with Crippen LogP contribution < -0.4 is 9.62 Å². The van der Waals surface area contributed by atoms with Gasteiger partial charge in [-0.25, -0.2) is 8.42 Å². The highest BCUT2D eigenvalue weighted by atomic mass is 35.5. The number of carbonyl (C=O) groups is 2. The van der Waals surface area contributed by atoms with E-state index < -0.39 is 28.5 Å². The highest BCUT2D eigenvalue weighted by molar-refractivity contribution is 7.92. The Morgan fingerprint density at radius 3 is 2.18 bits per heavy atom. The van der Waals surface area contributed by atoms with Gasteiger partial charge in [-0.05, 0) is 54.3 Å². The zero-order chi connectivity index (χ0) is 27.7. The third kappa shape index (κ3) is 8.07. The van der Waals surface area contributed by atoms with Crippen LogP contribution in [0.1, 0.15) is 30.0 Å². The quantitative estimate of drug-likeness (QED) is 0.354. The molecule has 7 nitrogen and oxygen atoms in total. The Kier molecular flexibility index (Phi) is 10.3. The first kappa shape index (κ1) is 29.2. The van der Waals surface area contributed by atoms with E-state index in [1.807, 2.05) is 68.4 Å². The maximum Gasteiger partial charge on any atom is 0.244 e. The van der Waals surface area contributed by atoms with Crippen molar-refractivity contribution < 1.29 is 18.0 Å². The molecule has 3 aromatic rings. The summed E-state index contributed by atoms with van der Waals surface area (Å²) in [4.78, 5) is 28.9. The molecule has 3 aromatic carbocycles. The molecule has 0 aliphatic heterocycles. The Hall–Kier alpha value is -3.36. The number of rotatable bonds is 12. The molecule has 0 bridgehead atoms. The van der Waals surface area contributed by atoms with Crippen LogP contribution in [0.25, 0.3) is 0 Å². The van der Waals surface area contributed by atoms with Crippen molar-refractivity contribution in [3.05, 3.63) is 101 Å². The second-order valence-corrected chi connectivity index (χ2v) is 11.5. The second kappa shape index (κ2) is 13.4. The van der Waals surface area contributed by atoms with Crippen LogP contribution in [-0.2, 0) is 32.6 Å². The van der Waals surface area contributed by atoms with Crippen molar-refractivity contribution in [1.29, 1.82) is 0 Å². The topological polar surface area (TPSA) is 86.8 Å². The molecular formula is C29H34ClN3O4S. The fourth-order valence-electron chi connectivity index (χ4n) is 4.11. The van der Waals surface area contributed by atoms with Gasteiger partial charge in [0.2, 0.25) is 21.8 Å². The molecule has 0 unspecified atom stereocenters. The van der Waals surface area contributed by atoms with Gasteiger partial charge < -0.3 is 10.2 Å². The summed E-state index contributed by atoms with van der Waals surface area (Å²) in [6, 6.07) is 22.5. The van der Waals surface area contributed by atoms with Crippen molar-refractivity contribution >= 4 is 39.1 Å². The molecule has 0 aromatic heterocycles. The number of halogens is 1. The number of nitrogens with one attached hydrogen (secondary N) is 1. The molecule has 202 valence electrons. The lowest BCUT2D eigenvalue weighted by Gasteiger charge is -2.34. The predicted octanol–water partition coefficient (Wildman–Crippen LogP) is 4.58. The van der Waals surface area contributed by atoms with Crippen molar-refractivity contribution in [3.63, 3.8) is 0 Å². The Balaban J connectivity index is 2.04. The van der Waals surface area contributed by atoms with Crippen LogP contribution in [0.3, 0.4) is 0 Å². The van der Waals surface area contributed by atoms with E-state index in [1.165, 1.54) is 4.90 Å². The number of amides is 2. The monoisotopic (exact) mass is 555 g/mol. The molecule has 0 aliphatic carbocycles. The van der Waals surface area contributed by atoms with Crippen molar-refractivity contribution in [2.45, 2.75) is 39.3 Å². The number of benzene rings is 3. The summed E-state index contributed by atoms with van der Waals surface area (Å²) in [6.07, 6.45) is 2.08. The summed E-state index contributed by atoms with van der Waals surface area (Å²) >= 11 is 6.00. The Bertz CT molecular complexity index is 1330. The molecule has 0 aliphatic rings. The van der Waals surface area contributed by atoms with Crippen LogP contribution in [-0.4, -0.2) is 50.5 Å². The van der Waals surface area contributed by atoms with Gasteiger partial charge in [-0.1, -0.05) is 73.1 Å². The fraction of sp³-hybridized carbons (Fsp3) is 0.310. The normalized spacial score (nSPS) is 12.0. The van der Waals surface area contributed by atoms with E-state index in [0.717, 1.165) is 33.7 Å². The first-order chi connectivity index (χ1) is 18.1. The minimum Gasteiger partial charge on any atom is -0.354 e. The maximum absolute atomic E-state index is 14.0. The SMILES string of the molecule is CCCNC(=O)[C@@H](Cc1ccccc1)N(Cc1ccccc1C)C(=O)CN(c1ccc(Cl)cc1)S(C)(=O)=O. The van der Waals surface area contributed by atoms with Crippen molar-refractivity contribution in [3.8, 4) is 0 Å². The minimum atomic E-state index is -3.82. The van der Waals surface area contributed by atoms with Crippen LogP contribution >= 0.6 is 11.6 Å². The average Bonchev–Trinajstić information content (AvgIpc) is 2.89. The first-order valence-corrected chi connectivity index (χ1v) is 14.7. The number of aryl methyl sites for hydroxylation is 1. The second-order valence-electron chi connectivity index (χ2n) is 9.19. The van der Waals surface area contributed by atoms with E-state index in [9.17, 15) is 18.0 Å². The van der Waals surface area contributed by atoms with Crippen molar-refractivity contribution in [2.24, 2.45) is 0 Å². The number of sulfonamides is 1. The molecule has 0 saturated heterocycles. The smallest absolute Gasteiger partial charge is 0.244 e. The van der Waals surface area contributed by atoms with Gasteiger partial charge >= 0.3 is 0 Å². The summed E-state index contributed by atoms with van der Waals surface area (Å²) in [7, 11) is -3.82. The van der Waals surface area contributed by atoms with Gasteiger partial charge in [0.05, 0.1) is 11.9 Å². The van der Waals surface area contributed by atoms with E-state index >= 15 is 0 Å². The van der Waals surface area contributed by atoms with Gasteiger partial charge in [-0.3, -0.25) is 13.9 Å². The highest BCUT2D eigenvalue weighted by Gasteiger charge is 2.33. The zero-order valence-corrected chi connectivity index (χ0v) is 23.5. The predicted molar refractivity (Wildman–Crippen MR) is 153 cm³/mol. The summed E-state index contributed by atoms with van der Waals surface area (Å²) in [6.45, 7) is 4.06. The van der Waals surface area contributed by atoms with E-state index in [0.29, 0.717) is 17.3 Å². The third-order valence-electron chi connectivity index (χ3n) is 6.22. The van der Waals surface area contributed by atoms with Gasteiger partial charge in [-0.2, -0.15) is 0 Å². The lowest BCUT2D eigenvalue weighted by molar-refractivity contribution is -0.140. The Morgan fingerprint density at radius 2 is 1.58 bits per heavy atom. The van der Waals surface area contributed by atoms with Crippen LogP contribution in [0.2, 0.25) is 5.02 Å². The standard InChI is InChI=1S/C29H34ClN3O4S/c1-4-18-31-29(35)27(19-23-11-6-5-7-12-23)32(20-24-13-9-8-10-22(24)2)28(34)21-33(38(3,36)37)26-16-14-25(30)15-17-26/h5-17,27H,4,18-21H2,1-3H3,(H,31,35)/t27-/m1/s1. The fourth-order valence-corrected chi connectivity index (χ4v) is 5.09. The van der Waals surface area contributed by atoms with E-state index in [4.69, 9.17) is 11.6 Å². The minimum absolute atomic E-state index is 0.154. The molecule has 0 fully saturated rings. The summed E-state index contributed by atoms with van der Waals surface area (Å²) < 4.78 is 26.6. The molecule has 2 amide bonds. The lowest BCUT2D eigenvalue weighted by Crippen LogP contribution is -2.53. The molecule has 0 spiro atoms. The third-order valence-corrected chi connectivity index (χ3v) is 7.61. The number of carbonyl (C=O) groups excluding carboxylic acids is 2. The molecule has 1 atom stereocenters. The van der Waals surface area contributed by atoms with Gasteiger partial charge in [0.15, 0.2) is 0 Å². The number of nitrogens with zero attached hydrogens (tertiary/aromatic N) is 2. The van der Waals surface area contributed by atoms with Crippen molar-refractivity contribution in [2.75, 3.05) is 23.7 Å². The molecule has 1 N–H and O–H groups in total. The summed E-state index contributed by atoms with van der Waals surface area (Å²) in [5.41, 5.74) is 3.05. The molecule has 38 heavy (non-hydrogen) atoms. The number of hydrogen-bond donors (Lipinski definition) is 1. The largest absolute Gasteiger partial charge is 0.354 e. The van der Waals surface area contributed by atoms with Crippen LogP contribution in [0.5, 0.6) is 0 Å². The van der Waals surface area contributed by atoms with Crippen LogP contribution in [0.15, 0.2) is 78.9 Å². The van der Waals surface area contributed by atoms with E-state index in [1.54, 1.807) is 24.3 Å². The number of hydrogen-bond acceptors (Lipinski definition) is 4. The van der Waals surface area contributed by atoms with Gasteiger partial charge in [0.25, 0.3) is 0 Å². The Labute approximate surface area is 230 Å². The van der Waals surface area contributed by atoms with E-state index in [2.05, 4.69) is 5.32 Å². The highest BCUT2D eigenvalue weighted by Crippen LogP contribution is 2.22. The van der Waals surface area contributed by atoms with E-state index in [-0.39, 0.29) is 18.9 Å².